The van der Waals surface area contributed by atoms with Gasteiger partial charge in [-0.2, -0.15) is 19.9 Å². The Balaban J connectivity index is 1.40. The maximum atomic E-state index is 12.3. The van der Waals surface area contributed by atoms with Crippen LogP contribution < -0.4 is 15.5 Å². The first kappa shape index (κ1) is 23.8. The van der Waals surface area contributed by atoms with Gasteiger partial charge >= 0.3 is 0 Å². The Morgan fingerprint density at radius 3 is 2.77 bits per heavy atom. The van der Waals surface area contributed by atoms with E-state index in [4.69, 9.17) is 4.74 Å². The molecule has 4 rings (SSSR count). The molecular weight excluding hydrogens is 446 g/mol. The predicted molar refractivity (Wildman–Crippen MR) is 134 cm³/mol. The van der Waals surface area contributed by atoms with Crippen LogP contribution in [0.4, 0.5) is 5.82 Å². The second-order valence-electron chi connectivity index (χ2n) is 7.96. The van der Waals surface area contributed by atoms with Crippen LogP contribution in [0.1, 0.15) is 22.3 Å². The molecular formula is C24H27N9O2. The molecule has 0 bridgehead atoms. The third kappa shape index (κ3) is 5.95. The quantitative estimate of drug-likeness (QED) is 0.204. The van der Waals surface area contributed by atoms with E-state index in [9.17, 15) is 4.79 Å². The number of nitrogens with zero attached hydrogens (tertiary/aromatic N) is 7. The number of hydrogen-bond donors (Lipinski definition) is 2. The van der Waals surface area contributed by atoms with Crippen LogP contribution >= 0.6 is 0 Å². The lowest BCUT2D eigenvalue weighted by Crippen LogP contribution is -2.27. The SMILES string of the molecule is COc1cccc(-n2ncc3c(N/N=C/c4ccc(C(=O)NCCCN(C)C)cc4)ncnc32)n1. The molecule has 180 valence electrons. The molecule has 1 amide bonds. The smallest absolute Gasteiger partial charge is 0.251 e. The highest BCUT2D eigenvalue weighted by Crippen LogP contribution is 2.21. The minimum Gasteiger partial charge on any atom is -0.481 e. The lowest BCUT2D eigenvalue weighted by atomic mass is 10.1. The number of amides is 1. The van der Waals surface area contributed by atoms with Crippen LogP contribution in [-0.4, -0.2) is 76.0 Å². The van der Waals surface area contributed by atoms with Crippen molar-refractivity contribution in [2.24, 2.45) is 5.10 Å². The summed E-state index contributed by atoms with van der Waals surface area (Å²) in [5, 5.41) is 12.3. The summed E-state index contributed by atoms with van der Waals surface area (Å²) in [5.74, 6) is 1.48. The Bertz CT molecular complexity index is 1320. The molecule has 11 heteroatoms. The number of hydrazone groups is 1. The molecule has 0 aliphatic heterocycles. The average molecular weight is 474 g/mol. The molecule has 0 unspecified atom stereocenters. The van der Waals surface area contributed by atoms with E-state index in [1.807, 2.05) is 38.4 Å². The lowest BCUT2D eigenvalue weighted by molar-refractivity contribution is 0.0952. The van der Waals surface area contributed by atoms with Crippen LogP contribution in [0.15, 0.2) is 60.1 Å². The van der Waals surface area contributed by atoms with Gasteiger partial charge in [0, 0.05) is 18.2 Å². The molecule has 0 aliphatic carbocycles. The molecule has 1 aromatic carbocycles. The molecule has 0 radical (unpaired) electrons. The standard InChI is InChI=1S/C24H27N9O2/c1-32(2)13-5-12-25-24(34)18-10-8-17(9-11-18)14-28-31-22-19-15-29-33(23(19)27-16-26-22)20-6-4-7-21(30-20)35-3/h4,6-11,14-16H,5,12-13H2,1-3H3,(H,25,34)(H,26,27,31)/b28-14+. The Morgan fingerprint density at radius 1 is 1.17 bits per heavy atom. The summed E-state index contributed by atoms with van der Waals surface area (Å²) in [6.07, 6.45) is 5.64. The number of benzene rings is 1. The van der Waals surface area contributed by atoms with Gasteiger partial charge in [0.15, 0.2) is 17.3 Å². The third-order valence-electron chi connectivity index (χ3n) is 5.13. The zero-order valence-electron chi connectivity index (χ0n) is 19.8. The van der Waals surface area contributed by atoms with Gasteiger partial charge in [0.25, 0.3) is 5.91 Å². The fourth-order valence-corrected chi connectivity index (χ4v) is 3.32. The van der Waals surface area contributed by atoms with E-state index in [0.717, 1.165) is 18.5 Å². The van der Waals surface area contributed by atoms with Crippen molar-refractivity contribution < 1.29 is 9.53 Å². The van der Waals surface area contributed by atoms with Gasteiger partial charge in [-0.15, -0.1) is 0 Å². The van der Waals surface area contributed by atoms with Crippen LogP contribution in [0.2, 0.25) is 0 Å². The van der Waals surface area contributed by atoms with Crippen molar-refractivity contribution >= 4 is 29.0 Å². The molecule has 0 spiro atoms. The summed E-state index contributed by atoms with van der Waals surface area (Å²) in [6.45, 7) is 1.57. The topological polar surface area (TPSA) is 122 Å². The van der Waals surface area contributed by atoms with Gasteiger partial charge in [0.05, 0.1) is 24.9 Å². The first-order valence-corrected chi connectivity index (χ1v) is 11.1. The molecule has 0 saturated carbocycles. The lowest BCUT2D eigenvalue weighted by Gasteiger charge is -2.10. The monoisotopic (exact) mass is 473 g/mol. The molecule has 4 aromatic rings. The average Bonchev–Trinajstić information content (AvgIpc) is 3.32. The van der Waals surface area contributed by atoms with Crippen molar-refractivity contribution in [1.82, 2.24) is 34.9 Å². The van der Waals surface area contributed by atoms with Crippen molar-refractivity contribution in [2.75, 3.05) is 39.7 Å². The Labute approximate surface area is 202 Å². The molecule has 11 nitrogen and oxygen atoms in total. The van der Waals surface area contributed by atoms with E-state index in [1.165, 1.54) is 6.33 Å². The van der Waals surface area contributed by atoms with Crippen molar-refractivity contribution in [1.29, 1.82) is 0 Å². The molecule has 3 heterocycles. The summed E-state index contributed by atoms with van der Waals surface area (Å²) in [4.78, 5) is 27.4. The largest absolute Gasteiger partial charge is 0.481 e. The molecule has 0 aliphatic rings. The predicted octanol–water partition coefficient (Wildman–Crippen LogP) is 2.35. The first-order chi connectivity index (χ1) is 17.0. The number of nitrogens with one attached hydrogen (secondary N) is 2. The van der Waals surface area contributed by atoms with E-state index in [-0.39, 0.29) is 5.91 Å². The summed E-state index contributed by atoms with van der Waals surface area (Å²) >= 11 is 0. The van der Waals surface area contributed by atoms with Gasteiger partial charge in [-0.1, -0.05) is 18.2 Å². The molecule has 0 atom stereocenters. The molecule has 3 aromatic heterocycles. The zero-order valence-corrected chi connectivity index (χ0v) is 19.8. The summed E-state index contributed by atoms with van der Waals surface area (Å²) in [5.41, 5.74) is 4.97. The molecule has 0 fully saturated rings. The summed E-state index contributed by atoms with van der Waals surface area (Å²) in [6, 6.07) is 12.6. The second-order valence-corrected chi connectivity index (χ2v) is 7.96. The maximum Gasteiger partial charge on any atom is 0.251 e. The van der Waals surface area contributed by atoms with E-state index >= 15 is 0 Å². The fraction of sp³-hybridized carbons (Fsp3) is 0.250. The summed E-state index contributed by atoms with van der Waals surface area (Å²) in [7, 11) is 5.58. The highest BCUT2D eigenvalue weighted by atomic mass is 16.5. The highest BCUT2D eigenvalue weighted by molar-refractivity contribution is 5.95. The third-order valence-corrected chi connectivity index (χ3v) is 5.13. The van der Waals surface area contributed by atoms with Gasteiger partial charge in [0.2, 0.25) is 5.88 Å². The van der Waals surface area contributed by atoms with Gasteiger partial charge in [-0.3, -0.25) is 10.2 Å². The number of fused-ring (bicyclic) bond motifs is 1. The Morgan fingerprint density at radius 2 is 2.00 bits per heavy atom. The maximum absolute atomic E-state index is 12.3. The van der Waals surface area contributed by atoms with Gasteiger partial charge in [-0.25, -0.2) is 9.97 Å². The normalized spacial score (nSPS) is 11.3. The minimum absolute atomic E-state index is 0.0868. The van der Waals surface area contributed by atoms with Crippen molar-refractivity contribution in [3.05, 3.63) is 66.1 Å². The number of pyridine rings is 1. The molecule has 0 saturated heterocycles. The van der Waals surface area contributed by atoms with Crippen molar-refractivity contribution in [3.63, 3.8) is 0 Å². The number of methoxy groups -OCH3 is 1. The van der Waals surface area contributed by atoms with Gasteiger partial charge in [0.1, 0.15) is 6.33 Å². The van der Waals surface area contributed by atoms with Crippen molar-refractivity contribution in [2.45, 2.75) is 6.42 Å². The fourth-order valence-electron chi connectivity index (χ4n) is 3.32. The number of anilines is 1. The van der Waals surface area contributed by atoms with Gasteiger partial charge in [-0.05, 0) is 50.8 Å². The van der Waals surface area contributed by atoms with Crippen LogP contribution in [0.25, 0.3) is 16.9 Å². The van der Waals surface area contributed by atoms with Crippen molar-refractivity contribution in [3.8, 4) is 11.7 Å². The minimum atomic E-state index is -0.0868. The van der Waals surface area contributed by atoms with E-state index in [1.54, 1.807) is 42.4 Å². The first-order valence-electron chi connectivity index (χ1n) is 11.1. The van der Waals surface area contributed by atoms with E-state index in [2.05, 4.69) is 40.8 Å². The second kappa shape index (κ2) is 11.2. The van der Waals surface area contributed by atoms with Crippen LogP contribution in [0.5, 0.6) is 5.88 Å². The number of carbonyl (C=O) groups is 1. The Hall–Kier alpha value is -4.38. The summed E-state index contributed by atoms with van der Waals surface area (Å²) < 4.78 is 6.80. The molecule has 2 N–H and O–H groups in total. The molecule has 35 heavy (non-hydrogen) atoms. The number of carbonyl (C=O) groups excluding carboxylic acids is 1. The Kier molecular flexibility index (Phi) is 7.58. The number of rotatable bonds is 10. The van der Waals surface area contributed by atoms with Crippen LogP contribution in [0, 0.1) is 0 Å². The zero-order chi connectivity index (χ0) is 24.6. The van der Waals surface area contributed by atoms with Crippen LogP contribution in [0.3, 0.4) is 0 Å². The number of ether oxygens (including phenoxy) is 1. The van der Waals surface area contributed by atoms with E-state index < -0.39 is 0 Å². The number of aromatic nitrogens is 5. The van der Waals surface area contributed by atoms with Gasteiger partial charge < -0.3 is 15.0 Å². The highest BCUT2D eigenvalue weighted by Gasteiger charge is 2.12. The van der Waals surface area contributed by atoms with E-state index in [0.29, 0.717) is 40.7 Å². The number of hydrogen-bond acceptors (Lipinski definition) is 9. The van der Waals surface area contributed by atoms with Crippen LogP contribution in [-0.2, 0) is 0 Å².